The molecule has 4 aromatic rings. The zero-order valence-corrected chi connectivity index (χ0v) is 21.5. The molecule has 0 amide bonds. The number of aromatic nitrogens is 1. The monoisotopic (exact) mass is 507 g/mol. The van der Waals surface area contributed by atoms with E-state index in [0.717, 1.165) is 40.3 Å². The van der Waals surface area contributed by atoms with Crippen molar-refractivity contribution in [3.05, 3.63) is 83.9 Å². The van der Waals surface area contributed by atoms with Gasteiger partial charge in [-0.3, -0.25) is 4.31 Å². The molecule has 1 aliphatic heterocycles. The molecule has 0 unspecified atom stereocenters. The van der Waals surface area contributed by atoms with E-state index in [2.05, 4.69) is 75.0 Å². The summed E-state index contributed by atoms with van der Waals surface area (Å²) in [5.41, 5.74) is 3.52. The lowest BCUT2D eigenvalue weighted by Crippen LogP contribution is -2.29. The second kappa shape index (κ2) is 10.6. The van der Waals surface area contributed by atoms with Gasteiger partial charge in [-0.15, -0.1) is 23.1 Å². The summed E-state index contributed by atoms with van der Waals surface area (Å²) in [4.78, 5) is 9.29. The summed E-state index contributed by atoms with van der Waals surface area (Å²) in [6.07, 6.45) is 3.97. The van der Waals surface area contributed by atoms with Crippen molar-refractivity contribution >= 4 is 51.6 Å². The molecule has 0 fully saturated rings. The molecule has 174 valence electrons. The molecule has 2 heterocycles. The van der Waals surface area contributed by atoms with E-state index >= 15 is 0 Å². The lowest BCUT2D eigenvalue weighted by Gasteiger charge is -2.33. The molecule has 8 heteroatoms. The van der Waals surface area contributed by atoms with E-state index in [-0.39, 0.29) is 0 Å². The standard InChI is InChI=1S/C26H25N3O2S3/c1-30-20-9-7-19(8-10-20)18-29(26-27-13-16-33-26)34-21-11-12-22-24(17-21)31-15-14-28(22)23-5-3-4-6-25(23)32-2/h3-13,16-17H,14-15,18H2,1-2H3. The van der Waals surface area contributed by atoms with Gasteiger partial charge in [0.15, 0.2) is 5.13 Å². The SMILES string of the molecule is COc1ccc(CN(Sc2ccc3c(c2)OCCN3c2ccccc2SC)c2nccs2)cc1. The predicted molar refractivity (Wildman–Crippen MR) is 144 cm³/mol. The van der Waals surface area contributed by atoms with Crippen molar-refractivity contribution in [2.75, 3.05) is 35.7 Å². The number of methoxy groups -OCH3 is 1. The maximum Gasteiger partial charge on any atom is 0.195 e. The largest absolute Gasteiger partial charge is 0.497 e. The molecule has 3 aromatic carbocycles. The Morgan fingerprint density at radius 3 is 2.71 bits per heavy atom. The summed E-state index contributed by atoms with van der Waals surface area (Å²) in [6, 6.07) is 23.2. The summed E-state index contributed by atoms with van der Waals surface area (Å²) in [5.74, 6) is 1.77. The van der Waals surface area contributed by atoms with Gasteiger partial charge in [-0.2, -0.15) is 0 Å². The van der Waals surface area contributed by atoms with Crippen LogP contribution in [0.15, 0.2) is 88.1 Å². The highest BCUT2D eigenvalue weighted by atomic mass is 32.2. The lowest BCUT2D eigenvalue weighted by molar-refractivity contribution is 0.313. The summed E-state index contributed by atoms with van der Waals surface area (Å²) in [6.45, 7) is 2.22. The quantitative estimate of drug-likeness (QED) is 0.186. The number of rotatable bonds is 8. The molecular weight excluding hydrogens is 483 g/mol. The van der Waals surface area contributed by atoms with Gasteiger partial charge in [-0.05, 0) is 66.2 Å². The molecule has 5 nitrogen and oxygen atoms in total. The molecule has 0 bridgehead atoms. The predicted octanol–water partition coefficient (Wildman–Crippen LogP) is 7.12. The van der Waals surface area contributed by atoms with Crippen LogP contribution in [0.3, 0.4) is 0 Å². The van der Waals surface area contributed by atoms with Crippen molar-refractivity contribution in [2.45, 2.75) is 16.3 Å². The van der Waals surface area contributed by atoms with Crippen molar-refractivity contribution in [1.82, 2.24) is 4.98 Å². The van der Waals surface area contributed by atoms with Gasteiger partial charge in [0.2, 0.25) is 0 Å². The second-order valence-corrected chi connectivity index (χ2v) is 10.4. The van der Waals surface area contributed by atoms with Crippen LogP contribution in [0.4, 0.5) is 16.5 Å². The van der Waals surface area contributed by atoms with Gasteiger partial charge in [0.05, 0.1) is 31.6 Å². The third kappa shape index (κ3) is 4.99. The van der Waals surface area contributed by atoms with E-state index in [1.165, 1.54) is 16.1 Å². The zero-order chi connectivity index (χ0) is 23.3. The number of nitrogens with zero attached hydrogens (tertiary/aromatic N) is 3. The van der Waals surface area contributed by atoms with E-state index < -0.39 is 0 Å². The first-order chi connectivity index (χ1) is 16.7. The van der Waals surface area contributed by atoms with E-state index in [4.69, 9.17) is 9.47 Å². The van der Waals surface area contributed by atoms with Crippen LogP contribution in [-0.2, 0) is 6.54 Å². The lowest BCUT2D eigenvalue weighted by atomic mass is 10.2. The molecule has 0 saturated heterocycles. The minimum Gasteiger partial charge on any atom is -0.497 e. The Morgan fingerprint density at radius 2 is 1.94 bits per heavy atom. The minimum absolute atomic E-state index is 0.659. The number of fused-ring (bicyclic) bond motifs is 1. The Morgan fingerprint density at radius 1 is 1.09 bits per heavy atom. The van der Waals surface area contributed by atoms with Crippen LogP contribution in [0.2, 0.25) is 0 Å². The second-order valence-electron chi connectivity index (χ2n) is 7.59. The number of thioether (sulfide) groups is 1. The fraction of sp³-hybridized carbons (Fsp3) is 0.192. The highest BCUT2D eigenvalue weighted by Gasteiger charge is 2.22. The minimum atomic E-state index is 0.659. The van der Waals surface area contributed by atoms with Crippen LogP contribution in [0.25, 0.3) is 0 Å². The number of hydrogen-bond acceptors (Lipinski definition) is 8. The molecule has 0 atom stereocenters. The highest BCUT2D eigenvalue weighted by Crippen LogP contribution is 2.43. The van der Waals surface area contributed by atoms with Gasteiger partial charge in [-0.25, -0.2) is 4.98 Å². The average Bonchev–Trinajstić information content (AvgIpc) is 3.43. The normalized spacial score (nSPS) is 12.7. The molecule has 0 radical (unpaired) electrons. The Kier molecular flexibility index (Phi) is 7.18. The average molecular weight is 508 g/mol. The van der Waals surface area contributed by atoms with E-state index in [9.17, 15) is 0 Å². The Hall–Kier alpha value is -2.81. The fourth-order valence-electron chi connectivity index (χ4n) is 3.86. The number of benzene rings is 3. The van der Waals surface area contributed by atoms with Crippen LogP contribution in [0.5, 0.6) is 11.5 Å². The number of thiazole rings is 1. The number of hydrogen-bond donors (Lipinski definition) is 0. The van der Waals surface area contributed by atoms with Crippen LogP contribution in [0.1, 0.15) is 5.56 Å². The fourth-order valence-corrected chi connectivity index (χ4v) is 6.13. The molecule has 0 N–H and O–H groups in total. The Balaban J connectivity index is 1.40. The van der Waals surface area contributed by atoms with Crippen LogP contribution < -0.4 is 18.7 Å². The summed E-state index contributed by atoms with van der Waals surface area (Å²) < 4.78 is 13.6. The first-order valence-corrected chi connectivity index (χ1v) is 13.8. The summed E-state index contributed by atoms with van der Waals surface area (Å²) in [7, 11) is 1.69. The van der Waals surface area contributed by atoms with Crippen molar-refractivity contribution in [3.8, 4) is 11.5 Å². The van der Waals surface area contributed by atoms with Crippen LogP contribution >= 0.6 is 35.0 Å². The van der Waals surface area contributed by atoms with E-state index in [1.54, 1.807) is 42.2 Å². The molecule has 1 aromatic heterocycles. The van der Waals surface area contributed by atoms with Crippen molar-refractivity contribution in [2.24, 2.45) is 0 Å². The molecule has 5 rings (SSSR count). The maximum atomic E-state index is 6.10. The van der Waals surface area contributed by atoms with Gasteiger partial charge < -0.3 is 14.4 Å². The van der Waals surface area contributed by atoms with Crippen LogP contribution in [-0.4, -0.2) is 31.5 Å². The van der Waals surface area contributed by atoms with E-state index in [1.807, 2.05) is 23.7 Å². The highest BCUT2D eigenvalue weighted by molar-refractivity contribution is 8.00. The van der Waals surface area contributed by atoms with E-state index in [0.29, 0.717) is 6.61 Å². The zero-order valence-electron chi connectivity index (χ0n) is 19.0. The third-order valence-corrected chi connectivity index (χ3v) is 8.19. The summed E-state index contributed by atoms with van der Waals surface area (Å²) in [5, 5.41) is 2.98. The van der Waals surface area contributed by atoms with Gasteiger partial charge in [0.25, 0.3) is 0 Å². The molecular formula is C26H25N3O2S3. The number of ether oxygens (including phenoxy) is 2. The van der Waals surface area contributed by atoms with Crippen molar-refractivity contribution in [3.63, 3.8) is 0 Å². The van der Waals surface area contributed by atoms with Gasteiger partial charge >= 0.3 is 0 Å². The maximum absolute atomic E-state index is 6.10. The Bertz CT molecular complexity index is 1230. The number of para-hydroxylation sites is 1. The van der Waals surface area contributed by atoms with Gasteiger partial charge in [-0.1, -0.05) is 24.3 Å². The first-order valence-electron chi connectivity index (χ1n) is 10.9. The van der Waals surface area contributed by atoms with Gasteiger partial charge in [0, 0.05) is 21.4 Å². The third-order valence-electron chi connectivity index (χ3n) is 5.50. The molecule has 34 heavy (non-hydrogen) atoms. The molecule has 1 aliphatic rings. The molecule has 0 aliphatic carbocycles. The number of anilines is 3. The Labute approximate surface area is 212 Å². The smallest absolute Gasteiger partial charge is 0.195 e. The van der Waals surface area contributed by atoms with Crippen molar-refractivity contribution < 1.29 is 9.47 Å². The topological polar surface area (TPSA) is 37.8 Å². The van der Waals surface area contributed by atoms with Gasteiger partial charge in [0.1, 0.15) is 18.1 Å². The first kappa shape index (κ1) is 23.0. The summed E-state index contributed by atoms with van der Waals surface area (Å²) >= 11 is 5.08. The molecule has 0 saturated carbocycles. The van der Waals surface area contributed by atoms with Crippen molar-refractivity contribution in [1.29, 1.82) is 0 Å². The van der Waals surface area contributed by atoms with Crippen LogP contribution in [0, 0.1) is 0 Å². The molecule has 0 spiro atoms.